The summed E-state index contributed by atoms with van der Waals surface area (Å²) in [7, 11) is 0. The SMILES string of the molecule is C[C@H](CC(=O)O)c1ccc(F)cc1. The molecule has 1 aromatic rings. The van der Waals surface area contributed by atoms with Gasteiger partial charge in [0.15, 0.2) is 0 Å². The van der Waals surface area contributed by atoms with E-state index in [9.17, 15) is 9.18 Å². The lowest BCUT2D eigenvalue weighted by Crippen LogP contribution is -2.02. The number of carboxylic acids is 1. The highest BCUT2D eigenvalue weighted by Gasteiger charge is 2.09. The lowest BCUT2D eigenvalue weighted by atomic mass is 9.98. The van der Waals surface area contributed by atoms with Crippen molar-refractivity contribution in [1.29, 1.82) is 0 Å². The number of hydrogen-bond acceptors (Lipinski definition) is 1. The first-order valence-electron chi connectivity index (χ1n) is 4.07. The van der Waals surface area contributed by atoms with Crippen LogP contribution in [-0.4, -0.2) is 11.1 Å². The van der Waals surface area contributed by atoms with E-state index in [-0.39, 0.29) is 18.2 Å². The fourth-order valence-electron chi connectivity index (χ4n) is 1.17. The summed E-state index contributed by atoms with van der Waals surface area (Å²) >= 11 is 0. The summed E-state index contributed by atoms with van der Waals surface area (Å²) in [5.74, 6) is -1.21. The number of carbonyl (C=O) groups is 1. The molecule has 0 spiro atoms. The Bertz CT molecular complexity index is 292. The predicted octanol–water partition coefficient (Wildman–Crippen LogP) is 2.40. The molecule has 70 valence electrons. The van der Waals surface area contributed by atoms with Crippen LogP contribution in [0.5, 0.6) is 0 Å². The second kappa shape index (κ2) is 4.03. The van der Waals surface area contributed by atoms with E-state index in [0.717, 1.165) is 5.56 Å². The van der Waals surface area contributed by atoms with E-state index in [1.54, 1.807) is 19.1 Å². The number of benzene rings is 1. The Hall–Kier alpha value is -1.38. The Morgan fingerprint density at radius 1 is 1.46 bits per heavy atom. The fraction of sp³-hybridized carbons (Fsp3) is 0.300. The highest BCUT2D eigenvalue weighted by molar-refractivity contribution is 5.67. The Morgan fingerprint density at radius 3 is 2.46 bits per heavy atom. The third-order valence-corrected chi connectivity index (χ3v) is 1.92. The van der Waals surface area contributed by atoms with Crippen molar-refractivity contribution in [3.63, 3.8) is 0 Å². The molecule has 0 aliphatic carbocycles. The van der Waals surface area contributed by atoms with Gasteiger partial charge in [-0.15, -0.1) is 0 Å². The minimum atomic E-state index is -0.836. The van der Waals surface area contributed by atoms with E-state index in [4.69, 9.17) is 5.11 Å². The third kappa shape index (κ3) is 2.86. The molecule has 0 aliphatic heterocycles. The Balaban J connectivity index is 2.71. The third-order valence-electron chi connectivity index (χ3n) is 1.92. The summed E-state index contributed by atoms with van der Waals surface area (Å²) in [5, 5.41) is 8.53. The molecular weight excluding hydrogens is 171 g/mol. The van der Waals surface area contributed by atoms with Crippen LogP contribution in [-0.2, 0) is 4.79 Å². The molecule has 2 nitrogen and oxygen atoms in total. The fourth-order valence-corrected chi connectivity index (χ4v) is 1.17. The summed E-state index contributed by atoms with van der Waals surface area (Å²) in [4.78, 5) is 10.4. The van der Waals surface area contributed by atoms with Crippen molar-refractivity contribution in [1.82, 2.24) is 0 Å². The minimum absolute atomic E-state index is 0.0712. The molecule has 0 fully saturated rings. The van der Waals surface area contributed by atoms with Gasteiger partial charge >= 0.3 is 5.97 Å². The van der Waals surface area contributed by atoms with Crippen LogP contribution in [0.1, 0.15) is 24.8 Å². The minimum Gasteiger partial charge on any atom is -0.481 e. The van der Waals surface area contributed by atoms with Gasteiger partial charge in [-0.2, -0.15) is 0 Å². The summed E-state index contributed by atoms with van der Waals surface area (Å²) < 4.78 is 12.5. The van der Waals surface area contributed by atoms with Gasteiger partial charge in [0, 0.05) is 0 Å². The quantitative estimate of drug-likeness (QED) is 0.779. The van der Waals surface area contributed by atoms with E-state index in [2.05, 4.69) is 0 Å². The van der Waals surface area contributed by atoms with E-state index >= 15 is 0 Å². The number of rotatable bonds is 3. The highest BCUT2D eigenvalue weighted by atomic mass is 19.1. The van der Waals surface area contributed by atoms with Gasteiger partial charge in [0.25, 0.3) is 0 Å². The molecule has 3 heteroatoms. The normalized spacial score (nSPS) is 12.5. The van der Waals surface area contributed by atoms with Gasteiger partial charge in [-0.05, 0) is 23.6 Å². The first-order valence-corrected chi connectivity index (χ1v) is 4.07. The van der Waals surface area contributed by atoms with Crippen molar-refractivity contribution in [2.24, 2.45) is 0 Å². The zero-order valence-electron chi connectivity index (χ0n) is 7.33. The molecule has 1 rings (SSSR count). The molecule has 0 saturated carbocycles. The second-order valence-corrected chi connectivity index (χ2v) is 3.05. The maximum absolute atomic E-state index is 12.5. The molecule has 1 aromatic carbocycles. The zero-order chi connectivity index (χ0) is 9.84. The van der Waals surface area contributed by atoms with Gasteiger partial charge in [0.2, 0.25) is 0 Å². The van der Waals surface area contributed by atoms with Gasteiger partial charge < -0.3 is 5.11 Å². The standard InChI is InChI=1S/C10H11FO2/c1-7(6-10(12)13)8-2-4-9(11)5-3-8/h2-5,7H,6H2,1H3,(H,12,13)/t7-/m1/s1. The molecule has 0 heterocycles. The predicted molar refractivity (Wildman–Crippen MR) is 47.1 cm³/mol. The first kappa shape index (κ1) is 9.71. The van der Waals surface area contributed by atoms with Crippen LogP contribution in [0.25, 0.3) is 0 Å². The van der Waals surface area contributed by atoms with Crippen LogP contribution in [0, 0.1) is 5.82 Å². The van der Waals surface area contributed by atoms with Crippen molar-refractivity contribution >= 4 is 5.97 Å². The van der Waals surface area contributed by atoms with Crippen molar-refractivity contribution in [2.45, 2.75) is 19.3 Å². The first-order chi connectivity index (χ1) is 6.09. The summed E-state index contributed by atoms with van der Waals surface area (Å²) in [6, 6.07) is 5.91. The van der Waals surface area contributed by atoms with Crippen molar-refractivity contribution in [3.05, 3.63) is 35.6 Å². The van der Waals surface area contributed by atoms with Gasteiger partial charge in [-0.25, -0.2) is 4.39 Å². The molecular formula is C10H11FO2. The Morgan fingerprint density at radius 2 is 2.00 bits per heavy atom. The van der Waals surface area contributed by atoms with E-state index < -0.39 is 5.97 Å². The van der Waals surface area contributed by atoms with Gasteiger partial charge in [0.05, 0.1) is 6.42 Å². The average Bonchev–Trinajstić information content (AvgIpc) is 2.04. The number of carboxylic acid groups (broad SMARTS) is 1. The molecule has 0 amide bonds. The molecule has 0 unspecified atom stereocenters. The number of halogens is 1. The summed E-state index contributed by atoms with van der Waals surface area (Å²) in [6.07, 6.45) is 0.0750. The monoisotopic (exact) mass is 182 g/mol. The molecule has 0 aliphatic rings. The van der Waals surface area contributed by atoms with Gasteiger partial charge in [0.1, 0.15) is 5.82 Å². The number of hydrogen-bond donors (Lipinski definition) is 1. The lowest BCUT2D eigenvalue weighted by Gasteiger charge is -2.07. The van der Waals surface area contributed by atoms with Crippen LogP contribution < -0.4 is 0 Å². The molecule has 0 radical (unpaired) electrons. The zero-order valence-corrected chi connectivity index (χ0v) is 7.33. The largest absolute Gasteiger partial charge is 0.481 e. The maximum atomic E-state index is 12.5. The molecule has 0 bridgehead atoms. The van der Waals surface area contributed by atoms with Crippen molar-refractivity contribution in [3.8, 4) is 0 Å². The topological polar surface area (TPSA) is 37.3 Å². The van der Waals surface area contributed by atoms with Crippen molar-refractivity contribution < 1.29 is 14.3 Å². The van der Waals surface area contributed by atoms with Crippen LogP contribution in [0.15, 0.2) is 24.3 Å². The lowest BCUT2D eigenvalue weighted by molar-refractivity contribution is -0.137. The molecule has 1 atom stereocenters. The van der Waals surface area contributed by atoms with Crippen LogP contribution in [0.4, 0.5) is 4.39 Å². The van der Waals surface area contributed by atoms with Crippen LogP contribution in [0.2, 0.25) is 0 Å². The van der Waals surface area contributed by atoms with Gasteiger partial charge in [-0.3, -0.25) is 4.79 Å². The molecule has 0 aromatic heterocycles. The Labute approximate surface area is 76.0 Å². The second-order valence-electron chi connectivity index (χ2n) is 3.05. The van der Waals surface area contributed by atoms with Crippen molar-refractivity contribution in [2.75, 3.05) is 0 Å². The summed E-state index contributed by atoms with van der Waals surface area (Å²) in [6.45, 7) is 1.81. The maximum Gasteiger partial charge on any atom is 0.303 e. The van der Waals surface area contributed by atoms with E-state index in [0.29, 0.717) is 0 Å². The molecule has 0 saturated heterocycles. The average molecular weight is 182 g/mol. The molecule has 13 heavy (non-hydrogen) atoms. The van der Waals surface area contributed by atoms with E-state index in [1.165, 1.54) is 12.1 Å². The van der Waals surface area contributed by atoms with E-state index in [1.807, 2.05) is 0 Å². The van der Waals surface area contributed by atoms with Gasteiger partial charge in [-0.1, -0.05) is 19.1 Å². The summed E-state index contributed by atoms with van der Waals surface area (Å²) in [5.41, 5.74) is 0.851. The van der Waals surface area contributed by atoms with Crippen LogP contribution in [0.3, 0.4) is 0 Å². The Kier molecular flexibility index (Phi) is 3.01. The molecule has 1 N–H and O–H groups in total. The van der Waals surface area contributed by atoms with Crippen LogP contribution >= 0.6 is 0 Å². The smallest absolute Gasteiger partial charge is 0.303 e. The number of aliphatic carboxylic acids is 1. The highest BCUT2D eigenvalue weighted by Crippen LogP contribution is 2.18.